The van der Waals surface area contributed by atoms with Crippen LogP contribution < -0.4 is 10.5 Å². The van der Waals surface area contributed by atoms with Gasteiger partial charge in [0.2, 0.25) is 10.0 Å². The molecule has 0 radical (unpaired) electrons. The number of nitrogens with zero attached hydrogens (tertiary/aromatic N) is 1. The van der Waals surface area contributed by atoms with E-state index >= 15 is 0 Å². The van der Waals surface area contributed by atoms with Crippen LogP contribution in [0.3, 0.4) is 0 Å². The zero-order valence-electron chi connectivity index (χ0n) is 13.5. The predicted octanol–water partition coefficient (Wildman–Crippen LogP) is 2.46. The number of sulfonamides is 1. The Hall–Kier alpha value is -1.08. The van der Waals surface area contributed by atoms with Crippen LogP contribution in [-0.2, 0) is 17.1 Å². The molecule has 3 rings (SSSR count). The van der Waals surface area contributed by atoms with Gasteiger partial charge in [-0.3, -0.25) is 0 Å². The molecule has 0 unspecified atom stereocenters. The number of para-hydroxylation sites is 1. The number of halogens is 1. The minimum atomic E-state index is -3.60. The predicted molar refractivity (Wildman–Crippen MR) is 95.5 cm³/mol. The Labute approximate surface area is 143 Å². The fourth-order valence-electron chi connectivity index (χ4n) is 3.56. The lowest BCUT2D eigenvalue weighted by atomic mass is 10.0. The molecular weight excluding hydrogens is 334 g/mol. The number of nitrogens with two attached hydrogens (primary N) is 1. The Kier molecular flexibility index (Phi) is 5.11. The summed E-state index contributed by atoms with van der Waals surface area (Å²) in [6, 6.07) is 7.59. The minimum absolute atomic E-state index is 0. The summed E-state index contributed by atoms with van der Waals surface area (Å²) >= 11 is 0. The molecule has 23 heavy (non-hydrogen) atoms. The Morgan fingerprint density at radius 1 is 1.26 bits per heavy atom. The Balaban J connectivity index is 0.00000192. The van der Waals surface area contributed by atoms with E-state index in [-0.39, 0.29) is 12.4 Å². The van der Waals surface area contributed by atoms with Crippen molar-refractivity contribution in [2.75, 3.05) is 6.54 Å². The summed E-state index contributed by atoms with van der Waals surface area (Å²) in [7, 11) is -1.71. The molecule has 2 aromatic rings. The van der Waals surface area contributed by atoms with Gasteiger partial charge in [-0.15, -0.1) is 12.4 Å². The van der Waals surface area contributed by atoms with Crippen LogP contribution in [0.2, 0.25) is 0 Å². The van der Waals surface area contributed by atoms with Gasteiger partial charge in [-0.25, -0.2) is 13.1 Å². The van der Waals surface area contributed by atoms with Gasteiger partial charge in [0.1, 0.15) is 4.90 Å². The zero-order chi connectivity index (χ0) is 16.0. The lowest BCUT2D eigenvalue weighted by Crippen LogP contribution is -2.51. The topological polar surface area (TPSA) is 77.1 Å². The van der Waals surface area contributed by atoms with E-state index in [2.05, 4.69) is 4.72 Å². The van der Waals surface area contributed by atoms with Crippen molar-refractivity contribution in [3.05, 3.63) is 30.0 Å². The van der Waals surface area contributed by atoms with E-state index in [1.165, 1.54) is 0 Å². The molecule has 0 spiro atoms. The van der Waals surface area contributed by atoms with Gasteiger partial charge >= 0.3 is 0 Å². The molecule has 3 N–H and O–H groups in total. The highest BCUT2D eigenvalue weighted by Crippen LogP contribution is 2.33. The summed E-state index contributed by atoms with van der Waals surface area (Å²) in [5.41, 5.74) is 7.07. The SMILES string of the molecule is Cc1c(S(=O)(=O)NC2(CN)CCCC2)c2ccccc2n1C.Cl. The largest absolute Gasteiger partial charge is 0.347 e. The molecule has 7 heteroatoms. The molecule has 0 aliphatic heterocycles. The quantitative estimate of drug-likeness (QED) is 0.882. The summed E-state index contributed by atoms with van der Waals surface area (Å²) in [5, 5.41) is 0.764. The number of fused-ring (bicyclic) bond motifs is 1. The second-order valence-electron chi connectivity index (χ2n) is 6.29. The molecular formula is C16H24ClN3O2S. The number of rotatable bonds is 4. The number of nitrogens with one attached hydrogen (secondary N) is 1. The van der Waals surface area contributed by atoms with Crippen LogP contribution >= 0.6 is 12.4 Å². The molecule has 0 amide bonds. The van der Waals surface area contributed by atoms with E-state index in [1.54, 1.807) is 0 Å². The lowest BCUT2D eigenvalue weighted by Gasteiger charge is -2.28. The smallest absolute Gasteiger partial charge is 0.243 e. The average molecular weight is 358 g/mol. The maximum absolute atomic E-state index is 13.0. The molecule has 0 bridgehead atoms. The van der Waals surface area contributed by atoms with Crippen LogP contribution in [0.25, 0.3) is 10.9 Å². The summed E-state index contributed by atoms with van der Waals surface area (Å²) in [4.78, 5) is 0.380. The lowest BCUT2D eigenvalue weighted by molar-refractivity contribution is 0.399. The monoisotopic (exact) mass is 357 g/mol. The highest BCUT2D eigenvalue weighted by atomic mass is 35.5. The molecule has 128 valence electrons. The molecule has 1 saturated carbocycles. The van der Waals surface area contributed by atoms with Gasteiger partial charge < -0.3 is 10.3 Å². The Morgan fingerprint density at radius 2 is 1.87 bits per heavy atom. The van der Waals surface area contributed by atoms with Crippen LogP contribution in [-0.4, -0.2) is 25.1 Å². The first-order valence-electron chi connectivity index (χ1n) is 7.68. The maximum Gasteiger partial charge on any atom is 0.243 e. The first-order valence-corrected chi connectivity index (χ1v) is 9.17. The van der Waals surface area contributed by atoms with Crippen molar-refractivity contribution in [3.63, 3.8) is 0 Å². The molecule has 1 aliphatic carbocycles. The van der Waals surface area contributed by atoms with Crippen molar-refractivity contribution >= 4 is 33.3 Å². The van der Waals surface area contributed by atoms with Crippen LogP contribution in [0.1, 0.15) is 31.4 Å². The van der Waals surface area contributed by atoms with E-state index in [0.29, 0.717) is 11.4 Å². The summed E-state index contributed by atoms with van der Waals surface area (Å²) in [5.74, 6) is 0. The van der Waals surface area contributed by atoms with Gasteiger partial charge in [0, 0.05) is 35.7 Å². The van der Waals surface area contributed by atoms with Crippen molar-refractivity contribution in [3.8, 4) is 0 Å². The molecule has 1 fully saturated rings. The van der Waals surface area contributed by atoms with Gasteiger partial charge in [-0.2, -0.15) is 0 Å². The number of aryl methyl sites for hydroxylation is 1. The third-order valence-electron chi connectivity index (χ3n) is 4.91. The van der Waals surface area contributed by atoms with Gasteiger partial charge in [0.15, 0.2) is 0 Å². The number of hydrogen-bond donors (Lipinski definition) is 2. The number of benzene rings is 1. The van der Waals surface area contributed by atoms with Crippen molar-refractivity contribution in [1.82, 2.24) is 9.29 Å². The van der Waals surface area contributed by atoms with Gasteiger partial charge in [-0.1, -0.05) is 31.0 Å². The first-order chi connectivity index (χ1) is 10.4. The molecule has 0 atom stereocenters. The summed E-state index contributed by atoms with van der Waals surface area (Å²) in [6.45, 7) is 2.19. The van der Waals surface area contributed by atoms with Crippen molar-refractivity contribution in [2.24, 2.45) is 12.8 Å². The molecule has 5 nitrogen and oxygen atoms in total. The minimum Gasteiger partial charge on any atom is -0.347 e. The van der Waals surface area contributed by atoms with Crippen molar-refractivity contribution in [2.45, 2.75) is 43.0 Å². The first kappa shape index (κ1) is 18.3. The zero-order valence-corrected chi connectivity index (χ0v) is 15.1. The maximum atomic E-state index is 13.0. The number of hydrogen-bond acceptors (Lipinski definition) is 3. The van der Waals surface area contributed by atoms with E-state index in [0.717, 1.165) is 42.3 Å². The molecule has 1 aromatic heterocycles. The fraction of sp³-hybridized carbons (Fsp3) is 0.500. The fourth-order valence-corrected chi connectivity index (χ4v) is 5.51. The standard InChI is InChI=1S/C16H23N3O2S.ClH/c1-12-15(13-7-3-4-8-14(13)19(12)2)22(20,21)18-16(11-17)9-5-6-10-16;/h3-4,7-8,18H,5-6,9-11,17H2,1-2H3;1H. The molecule has 1 heterocycles. The number of aromatic nitrogens is 1. The van der Waals surface area contributed by atoms with Gasteiger partial charge in [0.05, 0.1) is 0 Å². The van der Waals surface area contributed by atoms with Crippen LogP contribution in [0.5, 0.6) is 0 Å². The third-order valence-corrected chi connectivity index (χ3v) is 6.67. The van der Waals surface area contributed by atoms with E-state index < -0.39 is 15.6 Å². The van der Waals surface area contributed by atoms with Gasteiger partial charge in [0.25, 0.3) is 0 Å². The molecule has 1 aliphatic rings. The molecule has 1 aromatic carbocycles. The van der Waals surface area contributed by atoms with Crippen molar-refractivity contribution in [1.29, 1.82) is 0 Å². The normalized spacial score (nSPS) is 17.3. The average Bonchev–Trinajstić information content (AvgIpc) is 3.04. The van der Waals surface area contributed by atoms with E-state index in [9.17, 15) is 8.42 Å². The Morgan fingerprint density at radius 3 is 2.48 bits per heavy atom. The van der Waals surface area contributed by atoms with Crippen LogP contribution in [0.15, 0.2) is 29.2 Å². The summed E-state index contributed by atoms with van der Waals surface area (Å²) in [6.07, 6.45) is 3.67. The van der Waals surface area contributed by atoms with E-state index in [1.807, 2.05) is 42.8 Å². The third kappa shape index (κ3) is 3.01. The van der Waals surface area contributed by atoms with E-state index in [4.69, 9.17) is 5.73 Å². The van der Waals surface area contributed by atoms with Crippen molar-refractivity contribution < 1.29 is 8.42 Å². The second kappa shape index (κ2) is 6.43. The highest BCUT2D eigenvalue weighted by molar-refractivity contribution is 7.89. The van der Waals surface area contributed by atoms with Crippen LogP contribution in [0.4, 0.5) is 0 Å². The summed E-state index contributed by atoms with van der Waals surface area (Å²) < 4.78 is 30.9. The van der Waals surface area contributed by atoms with Gasteiger partial charge in [-0.05, 0) is 25.8 Å². The second-order valence-corrected chi connectivity index (χ2v) is 7.91. The van der Waals surface area contributed by atoms with Crippen LogP contribution in [0, 0.1) is 6.92 Å². The highest BCUT2D eigenvalue weighted by Gasteiger charge is 2.38. The molecule has 0 saturated heterocycles. The Bertz CT molecular complexity index is 808.